The van der Waals surface area contributed by atoms with Gasteiger partial charge < -0.3 is 4.90 Å². The molecule has 1 fully saturated rings. The topological polar surface area (TPSA) is 59.7 Å². The molecule has 0 radical (unpaired) electrons. The maximum Gasteiger partial charge on any atom is 0.251 e. The maximum absolute atomic E-state index is 13.1. The Bertz CT molecular complexity index is 546. The summed E-state index contributed by atoms with van der Waals surface area (Å²) in [5, 5.41) is 7.53. The average Bonchev–Trinajstić information content (AvgIpc) is 2.93. The molecule has 1 aliphatic rings. The van der Waals surface area contributed by atoms with Gasteiger partial charge in [0.25, 0.3) is 5.92 Å². The summed E-state index contributed by atoms with van der Waals surface area (Å²) in [4.78, 5) is 10.2. The summed E-state index contributed by atoms with van der Waals surface area (Å²) in [6.07, 6.45) is 4.47. The van der Waals surface area contributed by atoms with E-state index in [1.54, 1.807) is 29.6 Å². The van der Waals surface area contributed by atoms with Gasteiger partial charge in [-0.2, -0.15) is 4.98 Å². The summed E-state index contributed by atoms with van der Waals surface area (Å²) in [6, 6.07) is 1.69. The molecule has 0 spiro atoms. The summed E-state index contributed by atoms with van der Waals surface area (Å²) >= 11 is 0. The SMILES string of the molecule is FC1(F)CCN(c2nccc(-n3ccnn3)n2)CC1. The molecule has 100 valence electrons. The second kappa shape index (κ2) is 4.52. The van der Waals surface area contributed by atoms with Crippen molar-refractivity contribution in [2.24, 2.45) is 0 Å². The summed E-state index contributed by atoms with van der Waals surface area (Å²) in [5.41, 5.74) is 0. The zero-order valence-corrected chi connectivity index (χ0v) is 10.1. The number of rotatable bonds is 2. The molecule has 6 nitrogen and oxygen atoms in total. The highest BCUT2D eigenvalue weighted by Crippen LogP contribution is 2.29. The van der Waals surface area contributed by atoms with E-state index in [1.165, 1.54) is 4.68 Å². The second-order valence-corrected chi connectivity index (χ2v) is 4.41. The fourth-order valence-electron chi connectivity index (χ4n) is 1.98. The number of halogens is 2. The minimum absolute atomic E-state index is 0.163. The third-order valence-electron chi connectivity index (χ3n) is 3.06. The Morgan fingerprint density at radius 2 is 1.95 bits per heavy atom. The first kappa shape index (κ1) is 11.9. The van der Waals surface area contributed by atoms with Gasteiger partial charge in [0.1, 0.15) is 0 Å². The molecule has 0 unspecified atom stereocenters. The molecule has 0 aliphatic carbocycles. The van der Waals surface area contributed by atoms with E-state index in [0.717, 1.165) is 0 Å². The van der Waals surface area contributed by atoms with Crippen molar-refractivity contribution in [2.45, 2.75) is 18.8 Å². The molecule has 1 saturated heterocycles. The van der Waals surface area contributed by atoms with Gasteiger partial charge in [0.15, 0.2) is 5.82 Å². The van der Waals surface area contributed by atoms with E-state index in [9.17, 15) is 8.78 Å². The van der Waals surface area contributed by atoms with Crippen molar-refractivity contribution >= 4 is 5.95 Å². The Morgan fingerprint density at radius 3 is 2.63 bits per heavy atom. The monoisotopic (exact) mass is 266 g/mol. The number of hydrogen-bond donors (Lipinski definition) is 0. The molecule has 1 aliphatic heterocycles. The van der Waals surface area contributed by atoms with Crippen molar-refractivity contribution in [3.05, 3.63) is 24.7 Å². The summed E-state index contributed by atoms with van der Waals surface area (Å²) < 4.78 is 27.7. The van der Waals surface area contributed by atoms with Crippen LogP contribution in [0.4, 0.5) is 14.7 Å². The van der Waals surface area contributed by atoms with Crippen molar-refractivity contribution in [2.75, 3.05) is 18.0 Å². The quantitative estimate of drug-likeness (QED) is 0.819. The highest BCUT2D eigenvalue weighted by molar-refractivity contribution is 5.35. The lowest BCUT2D eigenvalue weighted by atomic mass is 10.1. The predicted molar refractivity (Wildman–Crippen MR) is 63.3 cm³/mol. The molecule has 0 bridgehead atoms. The van der Waals surface area contributed by atoms with Gasteiger partial charge in [0.2, 0.25) is 5.95 Å². The molecule has 0 atom stereocenters. The minimum atomic E-state index is -2.57. The van der Waals surface area contributed by atoms with E-state index < -0.39 is 5.92 Å². The van der Waals surface area contributed by atoms with E-state index >= 15 is 0 Å². The van der Waals surface area contributed by atoms with Gasteiger partial charge in [-0.25, -0.2) is 18.4 Å². The zero-order chi connectivity index (χ0) is 13.3. The number of aromatic nitrogens is 5. The Kier molecular flexibility index (Phi) is 2.84. The number of anilines is 1. The van der Waals surface area contributed by atoms with Gasteiger partial charge in [0, 0.05) is 38.2 Å². The lowest BCUT2D eigenvalue weighted by Gasteiger charge is -2.31. The molecule has 2 aromatic rings. The van der Waals surface area contributed by atoms with E-state index in [-0.39, 0.29) is 25.9 Å². The van der Waals surface area contributed by atoms with Crippen molar-refractivity contribution in [3.8, 4) is 5.82 Å². The van der Waals surface area contributed by atoms with Crippen LogP contribution in [0.5, 0.6) is 0 Å². The lowest BCUT2D eigenvalue weighted by Crippen LogP contribution is -2.40. The lowest BCUT2D eigenvalue weighted by molar-refractivity contribution is -0.0222. The van der Waals surface area contributed by atoms with Crippen molar-refractivity contribution in [1.82, 2.24) is 25.0 Å². The van der Waals surface area contributed by atoms with Crippen LogP contribution >= 0.6 is 0 Å². The largest absolute Gasteiger partial charge is 0.340 e. The number of nitrogens with zero attached hydrogens (tertiary/aromatic N) is 6. The van der Waals surface area contributed by atoms with Crippen LogP contribution in [-0.2, 0) is 0 Å². The smallest absolute Gasteiger partial charge is 0.251 e. The molecule has 0 amide bonds. The molecule has 0 aromatic carbocycles. The summed E-state index contributed by atoms with van der Waals surface area (Å²) in [5.74, 6) is -1.55. The van der Waals surface area contributed by atoms with Crippen LogP contribution in [0.15, 0.2) is 24.7 Å². The fraction of sp³-hybridized carbons (Fsp3) is 0.455. The van der Waals surface area contributed by atoms with Crippen LogP contribution in [0.1, 0.15) is 12.8 Å². The number of piperidine rings is 1. The van der Waals surface area contributed by atoms with Crippen LogP contribution < -0.4 is 4.90 Å². The van der Waals surface area contributed by atoms with Gasteiger partial charge in [-0.1, -0.05) is 5.21 Å². The normalized spacial score (nSPS) is 18.5. The van der Waals surface area contributed by atoms with Crippen molar-refractivity contribution in [3.63, 3.8) is 0 Å². The second-order valence-electron chi connectivity index (χ2n) is 4.41. The third-order valence-corrected chi connectivity index (χ3v) is 3.06. The molecular formula is C11H12F2N6. The molecule has 0 N–H and O–H groups in total. The number of hydrogen-bond acceptors (Lipinski definition) is 5. The van der Waals surface area contributed by atoms with Crippen LogP contribution in [0, 0.1) is 0 Å². The molecule has 0 saturated carbocycles. The van der Waals surface area contributed by atoms with Gasteiger partial charge in [-0.05, 0) is 0 Å². The zero-order valence-electron chi connectivity index (χ0n) is 10.1. The molecule has 8 heteroatoms. The maximum atomic E-state index is 13.1. The van der Waals surface area contributed by atoms with Crippen LogP contribution in [-0.4, -0.2) is 44.0 Å². The fourth-order valence-corrected chi connectivity index (χ4v) is 1.98. The van der Waals surface area contributed by atoms with Crippen molar-refractivity contribution < 1.29 is 8.78 Å². The van der Waals surface area contributed by atoms with E-state index in [1.807, 2.05) is 0 Å². The van der Waals surface area contributed by atoms with Gasteiger partial charge in [-0.3, -0.25) is 0 Å². The van der Waals surface area contributed by atoms with Gasteiger partial charge in [0.05, 0.1) is 12.4 Å². The van der Waals surface area contributed by atoms with Crippen LogP contribution in [0.2, 0.25) is 0 Å². The number of alkyl halides is 2. The minimum Gasteiger partial charge on any atom is -0.340 e. The summed E-state index contributed by atoms with van der Waals surface area (Å²) in [7, 11) is 0. The first-order chi connectivity index (χ1) is 9.14. The molecule has 3 rings (SSSR count). The highest BCUT2D eigenvalue weighted by atomic mass is 19.3. The van der Waals surface area contributed by atoms with E-state index in [4.69, 9.17) is 0 Å². The molecule has 3 heterocycles. The van der Waals surface area contributed by atoms with Gasteiger partial charge in [-0.15, -0.1) is 5.10 Å². The predicted octanol–water partition coefficient (Wildman–Crippen LogP) is 1.29. The Morgan fingerprint density at radius 1 is 1.16 bits per heavy atom. The molecular weight excluding hydrogens is 254 g/mol. The first-order valence-electron chi connectivity index (χ1n) is 5.97. The standard InChI is InChI=1S/C11H12F2N6/c12-11(13)2-6-18(7-3-11)10-14-4-1-9(16-10)19-8-5-15-17-19/h1,4-5,8H,2-3,6-7H2. The average molecular weight is 266 g/mol. The van der Waals surface area contributed by atoms with Crippen LogP contribution in [0.3, 0.4) is 0 Å². The Hall–Kier alpha value is -2.12. The molecule has 19 heavy (non-hydrogen) atoms. The third kappa shape index (κ3) is 2.51. The highest BCUT2D eigenvalue weighted by Gasteiger charge is 2.34. The Labute approximate surface area is 108 Å². The van der Waals surface area contributed by atoms with E-state index in [2.05, 4.69) is 20.3 Å². The van der Waals surface area contributed by atoms with Gasteiger partial charge >= 0.3 is 0 Å². The van der Waals surface area contributed by atoms with Crippen molar-refractivity contribution in [1.29, 1.82) is 0 Å². The first-order valence-corrected chi connectivity index (χ1v) is 5.97. The molecule has 2 aromatic heterocycles. The Balaban J connectivity index is 1.81. The summed E-state index contributed by atoms with van der Waals surface area (Å²) in [6.45, 7) is 0.515. The van der Waals surface area contributed by atoms with E-state index in [0.29, 0.717) is 11.8 Å². The van der Waals surface area contributed by atoms with Crippen LogP contribution in [0.25, 0.3) is 5.82 Å².